The molecule has 0 saturated carbocycles. The van der Waals surface area contributed by atoms with E-state index in [4.69, 9.17) is 10.8 Å². The van der Waals surface area contributed by atoms with Crippen LogP contribution in [0.4, 0.5) is 0 Å². The molecule has 1 aromatic rings. The topological polar surface area (TPSA) is 59.7 Å². The fourth-order valence-electron chi connectivity index (χ4n) is 1.29. The van der Waals surface area contributed by atoms with E-state index >= 15 is 0 Å². The number of hydrogen-bond acceptors (Lipinski definition) is 2. The lowest BCUT2D eigenvalue weighted by Gasteiger charge is -2.01. The standard InChI is InChI=1S/C8H5I2N3/c9-3-1-2-4(10)6-5(3)7(11)13-8(6)12/h1-2H,(H3,11,12,13). The zero-order chi connectivity index (χ0) is 9.59. The summed E-state index contributed by atoms with van der Waals surface area (Å²) in [6, 6.07) is 3.94. The second-order valence-electron chi connectivity index (χ2n) is 2.65. The third-order valence-electron chi connectivity index (χ3n) is 1.85. The molecule has 5 heteroatoms. The smallest absolute Gasteiger partial charge is 0.132 e. The van der Waals surface area contributed by atoms with Crippen molar-refractivity contribution in [3.8, 4) is 0 Å². The van der Waals surface area contributed by atoms with Crippen molar-refractivity contribution < 1.29 is 0 Å². The van der Waals surface area contributed by atoms with Crippen molar-refractivity contribution in [2.24, 2.45) is 0 Å². The molecular formula is C8H5I2N3. The van der Waals surface area contributed by atoms with Crippen LogP contribution < -0.4 is 5.32 Å². The molecule has 0 unspecified atom stereocenters. The van der Waals surface area contributed by atoms with Crippen molar-refractivity contribution in [2.75, 3.05) is 0 Å². The fourth-order valence-corrected chi connectivity index (χ4v) is 2.73. The van der Waals surface area contributed by atoms with Gasteiger partial charge in [-0.1, -0.05) is 0 Å². The van der Waals surface area contributed by atoms with Gasteiger partial charge >= 0.3 is 0 Å². The highest BCUT2D eigenvalue weighted by atomic mass is 127. The summed E-state index contributed by atoms with van der Waals surface area (Å²) in [5.41, 5.74) is 1.72. The van der Waals surface area contributed by atoms with E-state index in [2.05, 4.69) is 50.5 Å². The molecular weight excluding hydrogens is 392 g/mol. The predicted octanol–water partition coefficient (Wildman–Crippen LogP) is 2.15. The van der Waals surface area contributed by atoms with Gasteiger partial charge in [-0.15, -0.1) is 0 Å². The molecule has 2 rings (SSSR count). The van der Waals surface area contributed by atoms with Crippen molar-refractivity contribution in [3.63, 3.8) is 0 Å². The second kappa shape index (κ2) is 3.19. The molecule has 0 saturated heterocycles. The van der Waals surface area contributed by atoms with E-state index in [-0.39, 0.29) is 0 Å². The van der Waals surface area contributed by atoms with Crippen LogP contribution in [0.25, 0.3) is 0 Å². The summed E-state index contributed by atoms with van der Waals surface area (Å²) in [4.78, 5) is 0. The summed E-state index contributed by atoms with van der Waals surface area (Å²) >= 11 is 4.37. The Bertz CT molecular complexity index is 387. The molecule has 0 bridgehead atoms. The average molecular weight is 397 g/mol. The highest BCUT2D eigenvalue weighted by molar-refractivity contribution is 14.1. The highest BCUT2D eigenvalue weighted by Crippen LogP contribution is 2.25. The molecule has 0 radical (unpaired) electrons. The monoisotopic (exact) mass is 397 g/mol. The van der Waals surface area contributed by atoms with Gasteiger partial charge in [0.15, 0.2) is 0 Å². The van der Waals surface area contributed by atoms with Crippen molar-refractivity contribution in [3.05, 3.63) is 30.4 Å². The van der Waals surface area contributed by atoms with Crippen LogP contribution in [0.2, 0.25) is 0 Å². The zero-order valence-corrected chi connectivity index (χ0v) is 10.7. The maximum atomic E-state index is 7.64. The van der Waals surface area contributed by atoms with Crippen LogP contribution in [0.1, 0.15) is 11.1 Å². The van der Waals surface area contributed by atoms with Crippen molar-refractivity contribution in [1.29, 1.82) is 10.8 Å². The molecule has 0 spiro atoms. The Balaban J connectivity index is 2.81. The minimum Gasteiger partial charge on any atom is -0.325 e. The maximum Gasteiger partial charge on any atom is 0.132 e. The average Bonchev–Trinajstić information content (AvgIpc) is 2.36. The van der Waals surface area contributed by atoms with Crippen LogP contribution in [0.3, 0.4) is 0 Å². The van der Waals surface area contributed by atoms with E-state index in [0.717, 1.165) is 18.3 Å². The van der Waals surface area contributed by atoms with Gasteiger partial charge in [-0.05, 0) is 57.3 Å². The number of amidine groups is 2. The van der Waals surface area contributed by atoms with Crippen LogP contribution in [0, 0.1) is 18.0 Å². The van der Waals surface area contributed by atoms with Gasteiger partial charge in [-0.3, -0.25) is 10.8 Å². The Morgan fingerprint density at radius 3 is 1.69 bits per heavy atom. The first-order valence-corrected chi connectivity index (χ1v) is 5.70. The van der Waals surface area contributed by atoms with Crippen LogP contribution >= 0.6 is 45.2 Å². The second-order valence-corrected chi connectivity index (χ2v) is 4.98. The lowest BCUT2D eigenvalue weighted by molar-refractivity contribution is 1.29. The lowest BCUT2D eigenvalue weighted by atomic mass is 10.1. The van der Waals surface area contributed by atoms with Gasteiger partial charge in [0.05, 0.1) is 0 Å². The van der Waals surface area contributed by atoms with Crippen LogP contribution in [-0.4, -0.2) is 11.7 Å². The normalized spacial score (nSPS) is 14.3. The molecule has 13 heavy (non-hydrogen) atoms. The van der Waals surface area contributed by atoms with Gasteiger partial charge in [0.1, 0.15) is 11.7 Å². The van der Waals surface area contributed by atoms with Gasteiger partial charge in [-0.25, -0.2) is 0 Å². The molecule has 1 heterocycles. The Morgan fingerprint density at radius 2 is 1.31 bits per heavy atom. The Kier molecular flexibility index (Phi) is 2.30. The van der Waals surface area contributed by atoms with Crippen molar-refractivity contribution in [2.45, 2.75) is 0 Å². The maximum absolute atomic E-state index is 7.64. The van der Waals surface area contributed by atoms with E-state index < -0.39 is 0 Å². The Hall–Kier alpha value is -0.180. The zero-order valence-electron chi connectivity index (χ0n) is 6.41. The van der Waals surface area contributed by atoms with E-state index in [1.165, 1.54) is 0 Å². The number of hydrogen-bond donors (Lipinski definition) is 3. The van der Waals surface area contributed by atoms with E-state index in [1.54, 1.807) is 0 Å². The van der Waals surface area contributed by atoms with Crippen molar-refractivity contribution >= 4 is 56.9 Å². The molecule has 66 valence electrons. The third kappa shape index (κ3) is 1.37. The molecule has 0 amide bonds. The minimum absolute atomic E-state index is 0.336. The third-order valence-corrected chi connectivity index (χ3v) is 3.65. The van der Waals surface area contributed by atoms with E-state index in [9.17, 15) is 0 Å². The Labute approximate surface area is 103 Å². The van der Waals surface area contributed by atoms with Gasteiger partial charge in [0.2, 0.25) is 0 Å². The largest absolute Gasteiger partial charge is 0.325 e. The van der Waals surface area contributed by atoms with Crippen molar-refractivity contribution in [1.82, 2.24) is 5.32 Å². The van der Waals surface area contributed by atoms with Gasteiger partial charge in [0.25, 0.3) is 0 Å². The quantitative estimate of drug-likeness (QED) is 0.578. The van der Waals surface area contributed by atoms with E-state index in [1.807, 2.05) is 12.1 Å². The fraction of sp³-hybridized carbons (Fsp3) is 0. The first-order chi connectivity index (χ1) is 6.11. The summed E-state index contributed by atoms with van der Waals surface area (Å²) in [7, 11) is 0. The predicted molar refractivity (Wildman–Crippen MR) is 68.7 cm³/mol. The Morgan fingerprint density at radius 1 is 0.923 bits per heavy atom. The summed E-state index contributed by atoms with van der Waals surface area (Å²) in [6.07, 6.45) is 0. The molecule has 1 aliphatic heterocycles. The van der Waals surface area contributed by atoms with Crippen LogP contribution in [0.15, 0.2) is 12.1 Å². The lowest BCUT2D eigenvalue weighted by Crippen LogP contribution is -2.20. The molecule has 0 aliphatic carbocycles. The SMILES string of the molecule is N=C1NC(=N)c2c(I)ccc(I)c21. The molecule has 0 aromatic heterocycles. The molecule has 1 aromatic carbocycles. The van der Waals surface area contributed by atoms with E-state index in [0.29, 0.717) is 11.7 Å². The summed E-state index contributed by atoms with van der Waals surface area (Å²) in [5.74, 6) is 0.672. The molecule has 0 fully saturated rings. The molecule has 3 nitrogen and oxygen atoms in total. The summed E-state index contributed by atoms with van der Waals surface area (Å²) in [6.45, 7) is 0. The first-order valence-electron chi connectivity index (χ1n) is 3.54. The first kappa shape index (κ1) is 9.38. The highest BCUT2D eigenvalue weighted by Gasteiger charge is 2.25. The minimum atomic E-state index is 0.336. The molecule has 3 N–H and O–H groups in total. The molecule has 1 aliphatic rings. The number of benzene rings is 1. The molecule has 0 atom stereocenters. The summed E-state index contributed by atoms with van der Waals surface area (Å²) in [5, 5.41) is 18.0. The van der Waals surface area contributed by atoms with Crippen LogP contribution in [-0.2, 0) is 0 Å². The number of halogens is 2. The summed E-state index contributed by atoms with van der Waals surface area (Å²) < 4.78 is 2.04. The van der Waals surface area contributed by atoms with Crippen LogP contribution in [0.5, 0.6) is 0 Å². The van der Waals surface area contributed by atoms with Gasteiger partial charge < -0.3 is 5.32 Å². The number of fused-ring (bicyclic) bond motifs is 1. The van der Waals surface area contributed by atoms with Gasteiger partial charge in [-0.2, -0.15) is 0 Å². The number of nitrogens with one attached hydrogen (secondary N) is 3. The number of rotatable bonds is 0. The van der Waals surface area contributed by atoms with Gasteiger partial charge in [0, 0.05) is 18.3 Å².